The Bertz CT molecular complexity index is 867. The van der Waals surface area contributed by atoms with Gasteiger partial charge < -0.3 is 15.2 Å². The molecule has 9 heteroatoms. The first-order valence-electron chi connectivity index (χ1n) is 7.63. The van der Waals surface area contributed by atoms with Gasteiger partial charge >= 0.3 is 0 Å². The molecule has 1 amide bonds. The number of hydrogen-bond donors (Lipinski definition) is 2. The Labute approximate surface area is 136 Å². The summed E-state index contributed by atoms with van der Waals surface area (Å²) in [5, 5.41) is 17.3. The molecule has 0 bridgehead atoms. The van der Waals surface area contributed by atoms with Crippen molar-refractivity contribution in [3.05, 3.63) is 33.4 Å². The number of fused-ring (bicyclic) bond motifs is 1. The van der Waals surface area contributed by atoms with E-state index < -0.39 is 11.9 Å². The third-order valence-electron chi connectivity index (χ3n) is 3.78. The smallest absolute Gasteiger partial charge is 0.255 e. The molecule has 0 radical (unpaired) electrons. The minimum Gasteiger partial charge on any atom is -0.550 e. The van der Waals surface area contributed by atoms with Crippen LogP contribution in [0.25, 0.3) is 5.95 Å². The van der Waals surface area contributed by atoms with Crippen molar-refractivity contribution < 1.29 is 14.7 Å². The molecule has 0 fully saturated rings. The number of aromatic amines is 1. The molecule has 0 aromatic carbocycles. The average molecular weight is 330 g/mol. The van der Waals surface area contributed by atoms with E-state index in [4.69, 9.17) is 0 Å². The number of nitrogens with zero attached hydrogens (tertiary/aromatic N) is 3. The fourth-order valence-corrected chi connectivity index (χ4v) is 2.70. The fraction of sp³-hybridized carbons (Fsp3) is 0.400. The van der Waals surface area contributed by atoms with Crippen LogP contribution in [0, 0.1) is 6.92 Å². The van der Waals surface area contributed by atoms with Gasteiger partial charge in [0.25, 0.3) is 5.56 Å². The zero-order valence-corrected chi connectivity index (χ0v) is 13.1. The number of anilines is 1. The van der Waals surface area contributed by atoms with E-state index in [1.807, 2.05) is 0 Å². The van der Waals surface area contributed by atoms with Crippen molar-refractivity contribution in [1.82, 2.24) is 19.7 Å². The number of carboxylic acid groups (broad SMARTS) is 1. The molecular weight excluding hydrogens is 314 g/mol. The molecule has 1 aliphatic rings. The monoisotopic (exact) mass is 330 g/mol. The Kier molecular flexibility index (Phi) is 4.15. The van der Waals surface area contributed by atoms with Gasteiger partial charge in [-0.3, -0.25) is 14.6 Å². The molecule has 3 rings (SSSR count). The fourth-order valence-electron chi connectivity index (χ4n) is 2.70. The third-order valence-corrected chi connectivity index (χ3v) is 3.78. The maximum Gasteiger partial charge on any atom is 0.255 e. The van der Waals surface area contributed by atoms with Crippen molar-refractivity contribution in [2.24, 2.45) is 0 Å². The number of amides is 1. The highest BCUT2D eigenvalue weighted by Gasteiger charge is 2.19. The minimum absolute atomic E-state index is 0.199. The van der Waals surface area contributed by atoms with Crippen LogP contribution in [0.1, 0.15) is 36.2 Å². The molecular formula is C15H16N5O4-. The number of nitrogens with one attached hydrogen (secondary N) is 2. The molecule has 0 unspecified atom stereocenters. The van der Waals surface area contributed by atoms with E-state index in [1.165, 1.54) is 4.68 Å². The second kappa shape index (κ2) is 6.26. The summed E-state index contributed by atoms with van der Waals surface area (Å²) in [6, 6.07) is 1.62. The molecule has 126 valence electrons. The van der Waals surface area contributed by atoms with Crippen LogP contribution in [0.5, 0.6) is 0 Å². The highest BCUT2D eigenvalue weighted by atomic mass is 16.4. The molecule has 0 spiro atoms. The van der Waals surface area contributed by atoms with E-state index in [1.54, 1.807) is 13.0 Å². The van der Waals surface area contributed by atoms with Crippen LogP contribution in [-0.4, -0.2) is 31.6 Å². The van der Waals surface area contributed by atoms with Crippen molar-refractivity contribution in [2.45, 2.75) is 39.0 Å². The Morgan fingerprint density at radius 1 is 1.38 bits per heavy atom. The number of carbonyl (C=O) groups excluding carboxylic acids is 2. The van der Waals surface area contributed by atoms with Crippen molar-refractivity contribution >= 4 is 17.7 Å². The molecule has 0 atom stereocenters. The standard InChI is InChI=1S/C15H17N5O4/c1-8-7-11(17-12(21)5-6-13(22)23)20(19-8)15-16-10-4-2-3-9(10)14(24)18-15/h7H,2-6H2,1H3,(H,17,21)(H,22,23)(H,16,18,24)/p-1. The number of carbonyl (C=O) groups is 2. The first-order valence-corrected chi connectivity index (χ1v) is 7.63. The van der Waals surface area contributed by atoms with E-state index in [9.17, 15) is 19.5 Å². The highest BCUT2D eigenvalue weighted by molar-refractivity contribution is 5.91. The van der Waals surface area contributed by atoms with Crippen molar-refractivity contribution in [1.29, 1.82) is 0 Å². The Balaban J connectivity index is 1.90. The Morgan fingerprint density at radius 3 is 2.92 bits per heavy atom. The first kappa shape index (κ1) is 15.9. The molecule has 0 saturated carbocycles. The van der Waals surface area contributed by atoms with Gasteiger partial charge in [0.1, 0.15) is 5.82 Å². The van der Waals surface area contributed by atoms with Crippen LogP contribution in [-0.2, 0) is 22.4 Å². The predicted octanol–water partition coefficient (Wildman–Crippen LogP) is -0.779. The maximum atomic E-state index is 12.1. The van der Waals surface area contributed by atoms with Gasteiger partial charge in [-0.2, -0.15) is 9.78 Å². The van der Waals surface area contributed by atoms with Crippen molar-refractivity contribution in [3.8, 4) is 5.95 Å². The van der Waals surface area contributed by atoms with E-state index in [2.05, 4.69) is 20.4 Å². The molecule has 2 aromatic heterocycles. The van der Waals surface area contributed by atoms with Crippen molar-refractivity contribution in [3.63, 3.8) is 0 Å². The van der Waals surface area contributed by atoms with Crippen LogP contribution in [0.15, 0.2) is 10.9 Å². The minimum atomic E-state index is -1.29. The average Bonchev–Trinajstić information content (AvgIpc) is 3.12. The molecule has 9 nitrogen and oxygen atoms in total. The van der Waals surface area contributed by atoms with E-state index >= 15 is 0 Å². The molecule has 2 aromatic rings. The number of aliphatic carboxylic acids is 1. The first-order chi connectivity index (χ1) is 11.4. The summed E-state index contributed by atoms with van der Waals surface area (Å²) in [4.78, 5) is 41.5. The molecule has 2 N–H and O–H groups in total. The number of aryl methyl sites for hydroxylation is 2. The zero-order chi connectivity index (χ0) is 17.3. The lowest BCUT2D eigenvalue weighted by molar-refractivity contribution is -0.305. The SMILES string of the molecule is Cc1cc(NC(=O)CCC(=O)[O-])n(-c2nc3c(c(=O)[nH]2)CCC3)n1. The van der Waals surface area contributed by atoms with E-state index in [0.29, 0.717) is 23.5 Å². The van der Waals surface area contributed by atoms with Crippen LogP contribution >= 0.6 is 0 Å². The molecule has 1 aliphatic carbocycles. The maximum absolute atomic E-state index is 12.1. The van der Waals surface area contributed by atoms with Crippen molar-refractivity contribution in [2.75, 3.05) is 5.32 Å². The molecule has 0 saturated heterocycles. The number of aromatic nitrogens is 4. The van der Waals surface area contributed by atoms with Crippen LogP contribution < -0.4 is 16.0 Å². The normalized spacial score (nSPS) is 12.9. The number of hydrogen-bond acceptors (Lipinski definition) is 6. The lowest BCUT2D eigenvalue weighted by Crippen LogP contribution is -2.25. The zero-order valence-electron chi connectivity index (χ0n) is 13.1. The second-order valence-corrected chi connectivity index (χ2v) is 5.67. The predicted molar refractivity (Wildman–Crippen MR) is 81.6 cm³/mol. The Morgan fingerprint density at radius 2 is 2.17 bits per heavy atom. The quantitative estimate of drug-likeness (QED) is 0.739. The topological polar surface area (TPSA) is 133 Å². The van der Waals surface area contributed by atoms with E-state index in [-0.39, 0.29) is 24.3 Å². The molecule has 2 heterocycles. The summed E-state index contributed by atoms with van der Waals surface area (Å²) in [5.74, 6) is -1.23. The highest BCUT2D eigenvalue weighted by Crippen LogP contribution is 2.19. The summed E-state index contributed by atoms with van der Waals surface area (Å²) in [6.07, 6.45) is 1.76. The largest absolute Gasteiger partial charge is 0.550 e. The van der Waals surface area contributed by atoms with Gasteiger partial charge in [0.2, 0.25) is 11.9 Å². The number of rotatable bonds is 5. The summed E-state index contributed by atoms with van der Waals surface area (Å²) >= 11 is 0. The van der Waals surface area contributed by atoms with Gasteiger partial charge in [-0.1, -0.05) is 0 Å². The summed E-state index contributed by atoms with van der Waals surface area (Å²) in [5.41, 5.74) is 1.86. The van der Waals surface area contributed by atoms with Gasteiger partial charge in [-0.25, -0.2) is 4.98 Å². The van der Waals surface area contributed by atoms with Crippen LogP contribution in [0.4, 0.5) is 5.82 Å². The lowest BCUT2D eigenvalue weighted by Gasteiger charge is -2.09. The number of H-pyrrole nitrogens is 1. The second-order valence-electron chi connectivity index (χ2n) is 5.67. The van der Waals surface area contributed by atoms with Gasteiger partial charge in [-0.05, 0) is 32.6 Å². The van der Waals surface area contributed by atoms with Gasteiger partial charge in [0.05, 0.1) is 11.4 Å². The summed E-state index contributed by atoms with van der Waals surface area (Å²) < 4.78 is 1.34. The van der Waals surface area contributed by atoms with Crippen LogP contribution in [0.2, 0.25) is 0 Å². The molecule has 0 aliphatic heterocycles. The van der Waals surface area contributed by atoms with E-state index in [0.717, 1.165) is 18.5 Å². The van der Waals surface area contributed by atoms with Gasteiger partial charge in [0.15, 0.2) is 0 Å². The number of carboxylic acids is 1. The van der Waals surface area contributed by atoms with Crippen LogP contribution in [0.3, 0.4) is 0 Å². The third kappa shape index (κ3) is 3.19. The van der Waals surface area contributed by atoms with Gasteiger partial charge in [-0.15, -0.1) is 0 Å². The molecule has 24 heavy (non-hydrogen) atoms. The Hall–Kier alpha value is -2.97. The lowest BCUT2D eigenvalue weighted by atomic mass is 10.3. The summed E-state index contributed by atoms with van der Waals surface area (Å²) in [6.45, 7) is 1.73. The summed E-state index contributed by atoms with van der Waals surface area (Å²) in [7, 11) is 0. The van der Waals surface area contributed by atoms with Gasteiger partial charge in [0, 0.05) is 24.0 Å².